The maximum absolute atomic E-state index is 13.5. The van der Waals surface area contributed by atoms with E-state index in [1.54, 1.807) is 6.07 Å². The second-order valence-electron chi connectivity index (χ2n) is 6.96. The maximum atomic E-state index is 13.5. The molecule has 29 heavy (non-hydrogen) atoms. The molecule has 0 saturated heterocycles. The molecule has 6 nitrogen and oxygen atoms in total. The summed E-state index contributed by atoms with van der Waals surface area (Å²) in [6.45, 7) is 6.80. The number of benzene rings is 1. The van der Waals surface area contributed by atoms with Crippen LogP contribution in [0.2, 0.25) is 0 Å². The fourth-order valence-electron chi connectivity index (χ4n) is 3.00. The summed E-state index contributed by atoms with van der Waals surface area (Å²) in [6, 6.07) is 6.23. The number of aryl methyl sites for hydroxylation is 4. The highest BCUT2D eigenvalue weighted by atomic mass is 19.4. The Labute approximate surface area is 165 Å². The first-order chi connectivity index (χ1) is 13.5. The number of nitrogens with one attached hydrogen (secondary N) is 1. The van der Waals surface area contributed by atoms with Crippen molar-refractivity contribution in [1.29, 1.82) is 0 Å². The van der Waals surface area contributed by atoms with E-state index in [0.29, 0.717) is 5.69 Å². The Bertz CT molecular complexity index is 1090. The lowest BCUT2D eigenvalue weighted by Gasteiger charge is -2.16. The van der Waals surface area contributed by atoms with Gasteiger partial charge in [-0.15, -0.1) is 0 Å². The van der Waals surface area contributed by atoms with Crippen LogP contribution >= 0.6 is 0 Å². The molecule has 0 aliphatic carbocycles. The molecule has 1 amide bonds. The Kier molecular flexibility index (Phi) is 5.25. The molecular weight excluding hydrogens is 385 g/mol. The second kappa shape index (κ2) is 7.38. The number of aromatic nitrogens is 3. The molecule has 0 saturated carbocycles. The largest absolute Gasteiger partial charge is 0.464 e. The van der Waals surface area contributed by atoms with E-state index in [-0.39, 0.29) is 22.6 Å². The van der Waals surface area contributed by atoms with Gasteiger partial charge in [-0.25, -0.2) is 0 Å². The highest BCUT2D eigenvalue weighted by Crippen LogP contribution is 2.37. The summed E-state index contributed by atoms with van der Waals surface area (Å²) in [5, 5.41) is 6.62. The van der Waals surface area contributed by atoms with Crippen molar-refractivity contribution >= 4 is 22.6 Å². The van der Waals surface area contributed by atoms with E-state index < -0.39 is 23.8 Å². The summed E-state index contributed by atoms with van der Waals surface area (Å²) in [5.41, 5.74) is 2.02. The zero-order valence-corrected chi connectivity index (χ0v) is 16.7. The topological polar surface area (TPSA) is 69.0 Å². The molecule has 3 rings (SSSR count). The first-order valence-corrected chi connectivity index (χ1v) is 8.93. The van der Waals surface area contributed by atoms with Crippen molar-refractivity contribution in [3.63, 3.8) is 0 Å². The Morgan fingerprint density at radius 2 is 1.86 bits per heavy atom. The minimum absolute atomic E-state index is 0.0362. The number of nitrogens with zero attached hydrogens (tertiary/aromatic N) is 3. The molecule has 2 aromatic heterocycles. The molecular formula is C20H21F3N4O2. The lowest BCUT2D eigenvalue weighted by atomic mass is 10.1. The Hall–Kier alpha value is -3.10. The smallest absolute Gasteiger partial charge is 0.417 e. The number of carbonyl (C=O) groups is 1. The van der Waals surface area contributed by atoms with Crippen molar-refractivity contribution in [3.8, 4) is 5.88 Å². The predicted molar refractivity (Wildman–Crippen MR) is 103 cm³/mol. The van der Waals surface area contributed by atoms with Crippen molar-refractivity contribution < 1.29 is 22.7 Å². The first-order valence-electron chi connectivity index (χ1n) is 8.93. The number of rotatable bonds is 4. The number of fused-ring (bicyclic) bond motifs is 1. The van der Waals surface area contributed by atoms with Gasteiger partial charge >= 0.3 is 6.18 Å². The van der Waals surface area contributed by atoms with Crippen LogP contribution in [-0.2, 0) is 18.0 Å². The van der Waals surface area contributed by atoms with E-state index in [9.17, 15) is 18.0 Å². The molecule has 1 N–H and O–H groups in total. The average Bonchev–Trinajstić information content (AvgIpc) is 2.90. The van der Waals surface area contributed by atoms with E-state index >= 15 is 0 Å². The normalized spacial score (nSPS) is 12.8. The summed E-state index contributed by atoms with van der Waals surface area (Å²) in [4.78, 5) is 16.5. The van der Waals surface area contributed by atoms with Crippen LogP contribution in [0.25, 0.3) is 11.0 Å². The third-order valence-electron chi connectivity index (χ3n) is 4.69. The number of hydrogen-bond donors (Lipinski definition) is 1. The van der Waals surface area contributed by atoms with Gasteiger partial charge in [-0.05, 0) is 51.0 Å². The standard InChI is InChI=1S/C20H21F3N4O2/c1-10-6-7-14(8-11(10)2)24-19(28)13(4)29-16-9-15(20(21,22)23)17-12(3)26-27(5)18(17)25-16/h6-9,13H,1-5H3,(H,24,28). The van der Waals surface area contributed by atoms with Crippen molar-refractivity contribution in [2.75, 3.05) is 5.32 Å². The molecule has 0 spiro atoms. The summed E-state index contributed by atoms with van der Waals surface area (Å²) in [7, 11) is 1.50. The van der Waals surface area contributed by atoms with Gasteiger partial charge < -0.3 is 10.1 Å². The van der Waals surface area contributed by atoms with Crippen LogP contribution in [-0.4, -0.2) is 26.8 Å². The molecule has 1 atom stereocenters. The fraction of sp³-hybridized carbons (Fsp3) is 0.350. The molecule has 0 bridgehead atoms. The van der Waals surface area contributed by atoms with Gasteiger partial charge in [0.1, 0.15) is 0 Å². The third kappa shape index (κ3) is 4.18. The number of anilines is 1. The molecule has 0 aliphatic rings. The Balaban J connectivity index is 1.88. The lowest BCUT2D eigenvalue weighted by Crippen LogP contribution is -2.30. The van der Waals surface area contributed by atoms with Crippen LogP contribution in [0.1, 0.15) is 29.3 Å². The molecule has 1 aromatic carbocycles. The molecule has 154 valence electrons. The zero-order chi connectivity index (χ0) is 21.5. The Morgan fingerprint density at radius 1 is 1.17 bits per heavy atom. The Morgan fingerprint density at radius 3 is 2.48 bits per heavy atom. The van der Waals surface area contributed by atoms with Crippen LogP contribution < -0.4 is 10.1 Å². The van der Waals surface area contributed by atoms with Crippen molar-refractivity contribution in [2.45, 2.75) is 40.0 Å². The molecule has 3 aromatic rings. The number of pyridine rings is 1. The molecule has 1 unspecified atom stereocenters. The fourth-order valence-corrected chi connectivity index (χ4v) is 3.00. The van der Waals surface area contributed by atoms with Crippen molar-refractivity contribution in [3.05, 3.63) is 46.6 Å². The minimum Gasteiger partial charge on any atom is -0.464 e. The third-order valence-corrected chi connectivity index (χ3v) is 4.69. The van der Waals surface area contributed by atoms with Gasteiger partial charge in [0.15, 0.2) is 11.8 Å². The predicted octanol–water partition coefficient (Wildman–Crippen LogP) is 4.32. The number of carbonyl (C=O) groups excluding carboxylic acids is 1. The van der Waals surface area contributed by atoms with E-state index in [4.69, 9.17) is 4.74 Å². The number of hydrogen-bond acceptors (Lipinski definition) is 4. The number of halogens is 3. The molecule has 0 aliphatic heterocycles. The van der Waals surface area contributed by atoms with Gasteiger partial charge in [0, 0.05) is 18.8 Å². The summed E-state index contributed by atoms with van der Waals surface area (Å²) >= 11 is 0. The van der Waals surface area contributed by atoms with Crippen LogP contribution in [0.4, 0.5) is 18.9 Å². The molecule has 0 fully saturated rings. The SMILES string of the molecule is Cc1ccc(NC(=O)C(C)Oc2cc(C(F)(F)F)c3c(C)nn(C)c3n2)cc1C. The highest BCUT2D eigenvalue weighted by Gasteiger charge is 2.36. The zero-order valence-electron chi connectivity index (χ0n) is 16.7. The molecule has 2 heterocycles. The van der Waals surface area contributed by atoms with E-state index in [2.05, 4.69) is 15.4 Å². The molecule has 9 heteroatoms. The van der Waals surface area contributed by atoms with Gasteiger partial charge in [-0.2, -0.15) is 23.3 Å². The van der Waals surface area contributed by atoms with Gasteiger partial charge in [-0.3, -0.25) is 9.48 Å². The minimum atomic E-state index is -4.61. The summed E-state index contributed by atoms with van der Waals surface area (Å²) in [5.74, 6) is -0.791. The van der Waals surface area contributed by atoms with Crippen LogP contribution in [0.3, 0.4) is 0 Å². The first kappa shape index (κ1) is 20.6. The average molecular weight is 406 g/mol. The number of alkyl halides is 3. The molecule has 0 radical (unpaired) electrons. The van der Waals surface area contributed by atoms with Crippen LogP contribution in [0.15, 0.2) is 24.3 Å². The van der Waals surface area contributed by atoms with E-state index in [0.717, 1.165) is 17.2 Å². The quantitative estimate of drug-likeness (QED) is 0.701. The van der Waals surface area contributed by atoms with Crippen LogP contribution in [0, 0.1) is 20.8 Å². The number of ether oxygens (including phenoxy) is 1. The van der Waals surface area contributed by atoms with Crippen molar-refractivity contribution in [2.24, 2.45) is 7.05 Å². The van der Waals surface area contributed by atoms with Crippen molar-refractivity contribution in [1.82, 2.24) is 14.8 Å². The van der Waals surface area contributed by atoms with Crippen LogP contribution in [0.5, 0.6) is 5.88 Å². The summed E-state index contributed by atoms with van der Waals surface area (Å²) < 4.78 is 47.3. The maximum Gasteiger partial charge on any atom is 0.417 e. The van der Waals surface area contributed by atoms with E-state index in [1.165, 1.54) is 25.6 Å². The summed E-state index contributed by atoms with van der Waals surface area (Å²) in [6.07, 6.45) is -5.67. The van der Waals surface area contributed by atoms with Gasteiger partial charge in [0.25, 0.3) is 5.91 Å². The van der Waals surface area contributed by atoms with E-state index in [1.807, 2.05) is 26.0 Å². The highest BCUT2D eigenvalue weighted by molar-refractivity contribution is 5.94. The number of amides is 1. The van der Waals surface area contributed by atoms with Gasteiger partial charge in [0.05, 0.1) is 16.6 Å². The van der Waals surface area contributed by atoms with Gasteiger partial charge in [-0.1, -0.05) is 6.07 Å². The van der Waals surface area contributed by atoms with Gasteiger partial charge in [0.2, 0.25) is 5.88 Å². The monoisotopic (exact) mass is 406 g/mol. The second-order valence-corrected chi connectivity index (χ2v) is 6.96. The lowest BCUT2D eigenvalue weighted by molar-refractivity contribution is -0.136.